The number of amides is 1. The zero-order valence-corrected chi connectivity index (χ0v) is 11.5. The lowest BCUT2D eigenvalue weighted by atomic mass is 9.97. The van der Waals surface area contributed by atoms with E-state index in [4.69, 9.17) is 0 Å². The molecule has 1 saturated heterocycles. The van der Waals surface area contributed by atoms with Gasteiger partial charge in [-0.25, -0.2) is 0 Å². The van der Waals surface area contributed by atoms with Gasteiger partial charge in [-0.15, -0.1) is 0 Å². The van der Waals surface area contributed by atoms with Crippen molar-refractivity contribution in [2.45, 2.75) is 26.7 Å². The standard InChI is InChI=1S/C15H22N2O/c1-11-6-4-8-14(12(11)2)16-15(18)13-7-5-9-17(3)10-13/h4,6,8,13H,5,7,9-10H2,1-3H3,(H,16,18). The molecule has 0 saturated carbocycles. The molecule has 1 N–H and O–H groups in total. The van der Waals surface area contributed by atoms with Crippen LogP contribution in [0.15, 0.2) is 18.2 Å². The van der Waals surface area contributed by atoms with Crippen molar-refractivity contribution < 1.29 is 4.79 Å². The Morgan fingerprint density at radius 1 is 1.39 bits per heavy atom. The summed E-state index contributed by atoms with van der Waals surface area (Å²) in [4.78, 5) is 14.5. The van der Waals surface area contributed by atoms with Crippen LogP contribution in [0.5, 0.6) is 0 Å². The Morgan fingerprint density at radius 3 is 2.89 bits per heavy atom. The van der Waals surface area contributed by atoms with Crippen molar-refractivity contribution in [1.82, 2.24) is 4.90 Å². The van der Waals surface area contributed by atoms with Gasteiger partial charge in [-0.1, -0.05) is 12.1 Å². The largest absolute Gasteiger partial charge is 0.326 e. The molecule has 0 bridgehead atoms. The van der Waals surface area contributed by atoms with Gasteiger partial charge in [0.15, 0.2) is 0 Å². The molecule has 0 aliphatic carbocycles. The van der Waals surface area contributed by atoms with Crippen LogP contribution in [0.4, 0.5) is 5.69 Å². The molecule has 1 unspecified atom stereocenters. The van der Waals surface area contributed by atoms with Crippen molar-refractivity contribution in [3.63, 3.8) is 0 Å². The fourth-order valence-electron chi connectivity index (χ4n) is 2.50. The zero-order valence-electron chi connectivity index (χ0n) is 11.5. The van der Waals surface area contributed by atoms with Gasteiger partial charge in [-0.2, -0.15) is 0 Å². The van der Waals surface area contributed by atoms with Gasteiger partial charge in [-0.05, 0) is 57.5 Å². The summed E-state index contributed by atoms with van der Waals surface area (Å²) in [6.45, 7) is 6.10. The van der Waals surface area contributed by atoms with E-state index in [9.17, 15) is 4.79 Å². The number of aryl methyl sites for hydroxylation is 1. The minimum absolute atomic E-state index is 0.128. The van der Waals surface area contributed by atoms with Gasteiger partial charge >= 0.3 is 0 Å². The minimum Gasteiger partial charge on any atom is -0.326 e. The Labute approximate surface area is 109 Å². The highest BCUT2D eigenvalue weighted by Crippen LogP contribution is 2.21. The normalized spacial score (nSPS) is 20.7. The second kappa shape index (κ2) is 5.53. The fraction of sp³-hybridized carbons (Fsp3) is 0.533. The van der Waals surface area contributed by atoms with E-state index in [0.717, 1.165) is 37.2 Å². The first-order chi connectivity index (χ1) is 8.58. The van der Waals surface area contributed by atoms with Crippen LogP contribution in [0.25, 0.3) is 0 Å². The number of carbonyl (C=O) groups excluding carboxylic acids is 1. The van der Waals surface area contributed by atoms with Crippen LogP contribution in [0, 0.1) is 19.8 Å². The lowest BCUT2D eigenvalue weighted by molar-refractivity contribution is -0.121. The van der Waals surface area contributed by atoms with Crippen LogP contribution in [0.3, 0.4) is 0 Å². The minimum atomic E-state index is 0.128. The number of nitrogens with one attached hydrogen (secondary N) is 1. The summed E-state index contributed by atoms with van der Waals surface area (Å²) < 4.78 is 0. The molecule has 98 valence electrons. The van der Waals surface area contributed by atoms with Gasteiger partial charge in [0.25, 0.3) is 0 Å². The Balaban J connectivity index is 2.04. The molecule has 0 radical (unpaired) electrons. The third kappa shape index (κ3) is 2.91. The Kier molecular flexibility index (Phi) is 4.02. The maximum absolute atomic E-state index is 12.2. The molecule has 0 spiro atoms. The van der Waals surface area contributed by atoms with Gasteiger partial charge in [0.05, 0.1) is 5.92 Å². The van der Waals surface area contributed by atoms with E-state index >= 15 is 0 Å². The number of rotatable bonds is 2. The van der Waals surface area contributed by atoms with Crippen molar-refractivity contribution in [2.75, 3.05) is 25.5 Å². The van der Waals surface area contributed by atoms with E-state index in [1.165, 1.54) is 5.56 Å². The number of benzene rings is 1. The molecule has 1 heterocycles. The smallest absolute Gasteiger partial charge is 0.228 e. The molecular formula is C15H22N2O. The number of anilines is 1. The summed E-state index contributed by atoms with van der Waals surface area (Å²) in [6.07, 6.45) is 2.11. The summed E-state index contributed by atoms with van der Waals surface area (Å²) in [5.41, 5.74) is 3.33. The number of nitrogens with zero attached hydrogens (tertiary/aromatic N) is 1. The topological polar surface area (TPSA) is 32.3 Å². The van der Waals surface area contributed by atoms with E-state index in [1.807, 2.05) is 12.1 Å². The summed E-state index contributed by atoms with van der Waals surface area (Å²) >= 11 is 0. The third-order valence-corrected chi connectivity index (χ3v) is 3.86. The molecule has 3 heteroatoms. The highest BCUT2D eigenvalue weighted by Gasteiger charge is 2.24. The van der Waals surface area contributed by atoms with Gasteiger partial charge < -0.3 is 10.2 Å². The first-order valence-corrected chi connectivity index (χ1v) is 6.63. The van der Waals surface area contributed by atoms with Gasteiger partial charge in [0.2, 0.25) is 5.91 Å². The zero-order chi connectivity index (χ0) is 13.1. The molecule has 1 aromatic carbocycles. The monoisotopic (exact) mass is 246 g/mol. The van der Waals surface area contributed by atoms with Crippen LogP contribution in [0.2, 0.25) is 0 Å². The van der Waals surface area contributed by atoms with Crippen LogP contribution in [-0.4, -0.2) is 30.9 Å². The molecule has 1 fully saturated rings. The number of hydrogen-bond acceptors (Lipinski definition) is 2. The second-order valence-electron chi connectivity index (χ2n) is 5.34. The van der Waals surface area contributed by atoms with E-state index in [-0.39, 0.29) is 11.8 Å². The highest BCUT2D eigenvalue weighted by molar-refractivity contribution is 5.93. The Bertz CT molecular complexity index is 442. The Hall–Kier alpha value is -1.35. The lowest BCUT2D eigenvalue weighted by Crippen LogP contribution is -2.38. The van der Waals surface area contributed by atoms with Gasteiger partial charge in [-0.3, -0.25) is 4.79 Å². The molecule has 0 aromatic heterocycles. The maximum Gasteiger partial charge on any atom is 0.228 e. The molecular weight excluding hydrogens is 224 g/mol. The van der Waals surface area contributed by atoms with E-state index in [1.54, 1.807) is 0 Å². The third-order valence-electron chi connectivity index (χ3n) is 3.86. The molecule has 1 aromatic rings. The summed E-state index contributed by atoms with van der Waals surface area (Å²) in [7, 11) is 2.08. The number of likely N-dealkylation sites (tertiary alicyclic amines) is 1. The molecule has 1 aliphatic heterocycles. The van der Waals surface area contributed by atoms with Crippen LogP contribution < -0.4 is 5.32 Å². The van der Waals surface area contributed by atoms with Gasteiger partial charge in [0.1, 0.15) is 0 Å². The Morgan fingerprint density at radius 2 is 2.17 bits per heavy atom. The van der Waals surface area contributed by atoms with Crippen molar-refractivity contribution in [1.29, 1.82) is 0 Å². The predicted molar refractivity (Wildman–Crippen MR) is 74.8 cm³/mol. The maximum atomic E-state index is 12.2. The van der Waals surface area contributed by atoms with E-state index in [2.05, 4.69) is 37.2 Å². The average molecular weight is 246 g/mol. The highest BCUT2D eigenvalue weighted by atomic mass is 16.1. The molecule has 1 atom stereocenters. The fourth-order valence-corrected chi connectivity index (χ4v) is 2.50. The van der Waals surface area contributed by atoms with Crippen molar-refractivity contribution in [3.8, 4) is 0 Å². The van der Waals surface area contributed by atoms with Crippen molar-refractivity contribution in [3.05, 3.63) is 29.3 Å². The first kappa shape index (κ1) is 13.1. The number of piperidine rings is 1. The van der Waals surface area contributed by atoms with Crippen LogP contribution in [-0.2, 0) is 4.79 Å². The predicted octanol–water partition coefficient (Wildman–Crippen LogP) is 2.58. The molecule has 3 nitrogen and oxygen atoms in total. The van der Waals surface area contributed by atoms with Crippen LogP contribution >= 0.6 is 0 Å². The molecule has 1 amide bonds. The van der Waals surface area contributed by atoms with Crippen LogP contribution in [0.1, 0.15) is 24.0 Å². The van der Waals surface area contributed by atoms with Crippen molar-refractivity contribution >= 4 is 11.6 Å². The SMILES string of the molecule is Cc1cccc(NC(=O)C2CCCN(C)C2)c1C. The van der Waals surface area contributed by atoms with E-state index < -0.39 is 0 Å². The molecule has 1 aliphatic rings. The number of hydrogen-bond donors (Lipinski definition) is 1. The lowest BCUT2D eigenvalue weighted by Gasteiger charge is -2.29. The van der Waals surface area contributed by atoms with Gasteiger partial charge in [0, 0.05) is 12.2 Å². The summed E-state index contributed by atoms with van der Waals surface area (Å²) in [5.74, 6) is 0.291. The first-order valence-electron chi connectivity index (χ1n) is 6.63. The summed E-state index contributed by atoms with van der Waals surface area (Å²) in [5, 5.41) is 3.08. The molecule has 18 heavy (non-hydrogen) atoms. The average Bonchev–Trinajstić information content (AvgIpc) is 2.35. The van der Waals surface area contributed by atoms with E-state index in [0.29, 0.717) is 0 Å². The summed E-state index contributed by atoms with van der Waals surface area (Å²) in [6, 6.07) is 6.04. The molecule has 2 rings (SSSR count). The number of carbonyl (C=O) groups is 1. The quantitative estimate of drug-likeness (QED) is 0.870. The van der Waals surface area contributed by atoms with Crippen molar-refractivity contribution in [2.24, 2.45) is 5.92 Å². The second-order valence-corrected chi connectivity index (χ2v) is 5.34.